The molecule has 0 aromatic carbocycles. The monoisotopic (exact) mass is 320 g/mol. The number of nitrogens with two attached hydrogens (primary N) is 1. The first-order chi connectivity index (χ1) is 10.6. The van der Waals surface area contributed by atoms with Crippen molar-refractivity contribution in [2.24, 2.45) is 7.05 Å². The largest absolute Gasteiger partial charge is 0.397 e. The van der Waals surface area contributed by atoms with Gasteiger partial charge in [-0.25, -0.2) is 0 Å². The minimum atomic E-state index is -0.118. The second-order valence-electron chi connectivity index (χ2n) is 5.20. The number of aromatic nitrogens is 2. The zero-order chi connectivity index (χ0) is 15.7. The van der Waals surface area contributed by atoms with E-state index in [0.29, 0.717) is 42.8 Å². The number of nitrogens with zero attached hydrogens (tertiary/aromatic N) is 3. The summed E-state index contributed by atoms with van der Waals surface area (Å²) in [6.45, 7) is 2.60. The molecule has 0 unspecified atom stereocenters. The van der Waals surface area contributed by atoms with Crippen molar-refractivity contribution in [2.75, 3.05) is 36.9 Å². The van der Waals surface area contributed by atoms with Crippen molar-refractivity contribution in [2.45, 2.75) is 0 Å². The molecule has 116 valence electrons. The van der Waals surface area contributed by atoms with Crippen LogP contribution in [-0.2, 0) is 11.8 Å². The molecule has 0 radical (unpaired) electrons. The summed E-state index contributed by atoms with van der Waals surface area (Å²) in [7, 11) is 1.66. The minimum Gasteiger partial charge on any atom is -0.397 e. The molecule has 0 aliphatic carbocycles. The molecule has 0 atom stereocenters. The van der Waals surface area contributed by atoms with E-state index in [-0.39, 0.29) is 5.56 Å². The Morgan fingerprint density at radius 3 is 2.68 bits per heavy atom. The Labute approximate surface area is 133 Å². The highest BCUT2D eigenvalue weighted by molar-refractivity contribution is 6.32. The number of morpholine rings is 1. The molecule has 2 aromatic heterocycles. The van der Waals surface area contributed by atoms with Crippen LogP contribution in [0.25, 0.3) is 11.1 Å². The molecular formula is C15H17ClN4O2. The highest BCUT2D eigenvalue weighted by Crippen LogP contribution is 2.30. The van der Waals surface area contributed by atoms with Gasteiger partial charge in [0.15, 0.2) is 0 Å². The van der Waals surface area contributed by atoms with Crippen molar-refractivity contribution in [1.29, 1.82) is 0 Å². The number of hydrogen-bond acceptors (Lipinski definition) is 5. The molecule has 3 rings (SSSR count). The van der Waals surface area contributed by atoms with Gasteiger partial charge >= 0.3 is 0 Å². The zero-order valence-corrected chi connectivity index (χ0v) is 13.0. The van der Waals surface area contributed by atoms with Crippen LogP contribution in [0.1, 0.15) is 0 Å². The molecule has 6 nitrogen and oxygen atoms in total. The first-order valence-corrected chi connectivity index (χ1v) is 7.39. The van der Waals surface area contributed by atoms with Gasteiger partial charge in [-0.2, -0.15) is 0 Å². The Balaban J connectivity index is 2.14. The first kappa shape index (κ1) is 14.9. The summed E-state index contributed by atoms with van der Waals surface area (Å²) >= 11 is 6.35. The molecule has 7 heteroatoms. The number of nitrogen functional groups attached to an aromatic ring is 1. The number of hydrogen-bond donors (Lipinski definition) is 1. The maximum Gasteiger partial charge on any atom is 0.274 e. The molecule has 1 aliphatic rings. The van der Waals surface area contributed by atoms with E-state index in [4.69, 9.17) is 22.1 Å². The average molecular weight is 321 g/mol. The lowest BCUT2D eigenvalue weighted by Crippen LogP contribution is -2.40. The van der Waals surface area contributed by atoms with Crippen LogP contribution in [0.2, 0.25) is 5.15 Å². The van der Waals surface area contributed by atoms with Gasteiger partial charge in [0.2, 0.25) is 0 Å². The Kier molecular flexibility index (Phi) is 4.04. The lowest BCUT2D eigenvalue weighted by molar-refractivity contribution is 0.122. The van der Waals surface area contributed by atoms with Crippen LogP contribution in [0.15, 0.2) is 29.3 Å². The molecule has 1 saturated heterocycles. The van der Waals surface area contributed by atoms with Crippen LogP contribution < -0.4 is 16.2 Å². The fourth-order valence-corrected chi connectivity index (χ4v) is 2.78. The van der Waals surface area contributed by atoms with Crippen molar-refractivity contribution in [3.8, 4) is 11.1 Å². The van der Waals surface area contributed by atoms with Crippen LogP contribution in [0.5, 0.6) is 0 Å². The van der Waals surface area contributed by atoms with Crippen molar-refractivity contribution in [3.63, 3.8) is 0 Å². The number of halogens is 1. The number of pyridine rings is 2. The average Bonchev–Trinajstić information content (AvgIpc) is 2.54. The maximum absolute atomic E-state index is 12.5. The second kappa shape index (κ2) is 5.98. The predicted molar refractivity (Wildman–Crippen MR) is 87.4 cm³/mol. The normalized spacial score (nSPS) is 15.1. The Morgan fingerprint density at radius 2 is 2.00 bits per heavy atom. The molecule has 0 bridgehead atoms. The number of anilines is 2. The van der Waals surface area contributed by atoms with E-state index >= 15 is 0 Å². The topological polar surface area (TPSA) is 73.4 Å². The quantitative estimate of drug-likeness (QED) is 0.849. The molecule has 0 saturated carbocycles. The summed E-state index contributed by atoms with van der Waals surface area (Å²) in [4.78, 5) is 18.6. The van der Waals surface area contributed by atoms with Gasteiger partial charge in [-0.3, -0.25) is 14.3 Å². The summed E-state index contributed by atoms with van der Waals surface area (Å²) in [6, 6.07) is 3.61. The summed E-state index contributed by atoms with van der Waals surface area (Å²) in [5, 5.41) is 0.370. The number of ether oxygens (including phenoxy) is 1. The van der Waals surface area contributed by atoms with Crippen molar-refractivity contribution in [1.82, 2.24) is 9.55 Å². The third kappa shape index (κ3) is 2.67. The van der Waals surface area contributed by atoms with Crippen LogP contribution in [-0.4, -0.2) is 35.9 Å². The van der Waals surface area contributed by atoms with Crippen LogP contribution in [0, 0.1) is 0 Å². The summed E-state index contributed by atoms with van der Waals surface area (Å²) in [5.74, 6) is 0. The Bertz CT molecular complexity index is 754. The highest BCUT2D eigenvalue weighted by atomic mass is 35.5. The van der Waals surface area contributed by atoms with E-state index in [2.05, 4.69) is 4.98 Å². The van der Waals surface area contributed by atoms with Gasteiger partial charge in [-0.1, -0.05) is 11.6 Å². The molecule has 22 heavy (non-hydrogen) atoms. The van der Waals surface area contributed by atoms with Crippen LogP contribution in [0.4, 0.5) is 11.4 Å². The second-order valence-corrected chi connectivity index (χ2v) is 5.56. The standard InChI is InChI=1S/C15H17ClN4O2/c1-19-14(16)12(10-6-11(17)9-18-8-10)7-13(15(19)21)20-2-4-22-5-3-20/h6-9H,2-5,17H2,1H3. The minimum absolute atomic E-state index is 0.118. The fourth-order valence-electron chi connectivity index (χ4n) is 2.54. The SMILES string of the molecule is Cn1c(Cl)c(-c2cncc(N)c2)cc(N2CCOCC2)c1=O. The van der Waals surface area contributed by atoms with Gasteiger partial charge < -0.3 is 15.4 Å². The van der Waals surface area contributed by atoms with Crippen molar-refractivity contribution >= 4 is 23.0 Å². The van der Waals surface area contributed by atoms with Gasteiger partial charge in [0, 0.05) is 43.7 Å². The van der Waals surface area contributed by atoms with Gasteiger partial charge in [-0.05, 0) is 12.1 Å². The van der Waals surface area contributed by atoms with E-state index in [1.807, 2.05) is 11.0 Å². The number of rotatable bonds is 2. The van der Waals surface area contributed by atoms with E-state index in [1.165, 1.54) is 4.57 Å². The van der Waals surface area contributed by atoms with Gasteiger partial charge in [0.25, 0.3) is 5.56 Å². The molecule has 2 aromatic rings. The molecule has 1 fully saturated rings. The van der Waals surface area contributed by atoms with E-state index in [9.17, 15) is 4.79 Å². The zero-order valence-electron chi connectivity index (χ0n) is 12.3. The summed E-state index contributed by atoms with van der Waals surface area (Å²) in [5.41, 5.74) is 8.37. The Morgan fingerprint density at radius 1 is 1.27 bits per heavy atom. The molecule has 0 spiro atoms. The van der Waals surface area contributed by atoms with Crippen LogP contribution >= 0.6 is 11.6 Å². The van der Waals surface area contributed by atoms with E-state index < -0.39 is 0 Å². The molecular weight excluding hydrogens is 304 g/mol. The van der Waals surface area contributed by atoms with Crippen molar-refractivity contribution < 1.29 is 4.74 Å². The van der Waals surface area contributed by atoms with Crippen molar-refractivity contribution in [3.05, 3.63) is 40.0 Å². The maximum atomic E-state index is 12.5. The van der Waals surface area contributed by atoms with Crippen LogP contribution in [0.3, 0.4) is 0 Å². The lowest BCUT2D eigenvalue weighted by Gasteiger charge is -2.29. The smallest absolute Gasteiger partial charge is 0.274 e. The Hall–Kier alpha value is -2.05. The molecule has 1 aliphatic heterocycles. The predicted octanol–water partition coefficient (Wildman–Crippen LogP) is 1.52. The molecule has 0 amide bonds. The first-order valence-electron chi connectivity index (χ1n) is 7.01. The van der Waals surface area contributed by atoms with Gasteiger partial charge in [-0.15, -0.1) is 0 Å². The van der Waals surface area contributed by atoms with Gasteiger partial charge in [0.1, 0.15) is 10.8 Å². The van der Waals surface area contributed by atoms with Gasteiger partial charge in [0.05, 0.1) is 18.9 Å². The third-order valence-electron chi connectivity index (χ3n) is 3.74. The fraction of sp³-hybridized carbons (Fsp3) is 0.333. The third-order valence-corrected chi connectivity index (χ3v) is 4.20. The lowest BCUT2D eigenvalue weighted by atomic mass is 10.1. The molecule has 2 N–H and O–H groups in total. The highest BCUT2D eigenvalue weighted by Gasteiger charge is 2.19. The molecule has 3 heterocycles. The van der Waals surface area contributed by atoms with E-state index in [0.717, 1.165) is 11.1 Å². The summed E-state index contributed by atoms with van der Waals surface area (Å²) < 4.78 is 6.79. The summed E-state index contributed by atoms with van der Waals surface area (Å²) in [6.07, 6.45) is 3.26. The van der Waals surface area contributed by atoms with E-state index in [1.54, 1.807) is 25.5 Å².